The minimum atomic E-state index is -0.809. The molecule has 1 aromatic carbocycles. The number of rotatable bonds is 4. The molecular weight excluding hydrogens is 295 g/mol. The van der Waals surface area contributed by atoms with Crippen LogP contribution >= 0.6 is 0 Å². The summed E-state index contributed by atoms with van der Waals surface area (Å²) in [4.78, 5) is 17.5. The third-order valence-electron chi connectivity index (χ3n) is 3.91. The number of aldehydes is 1. The van der Waals surface area contributed by atoms with E-state index in [-0.39, 0.29) is 5.56 Å². The maximum atomic E-state index is 13.5. The van der Waals surface area contributed by atoms with E-state index in [1.165, 1.54) is 25.0 Å². The molecule has 0 atom stereocenters. The molecule has 0 radical (unpaired) electrons. The molecule has 0 aliphatic carbocycles. The second kappa shape index (κ2) is 6.60. The Bertz CT molecular complexity index is 735. The van der Waals surface area contributed by atoms with Gasteiger partial charge < -0.3 is 10.0 Å². The Labute approximate surface area is 133 Å². The SMILES string of the molecule is O=Cc1cc(C=Cc2ccc(N3CCCC3)nc2)cc(F)c1O. The van der Waals surface area contributed by atoms with Crippen LogP contribution < -0.4 is 4.90 Å². The summed E-state index contributed by atoms with van der Waals surface area (Å²) in [5.41, 5.74) is 1.33. The van der Waals surface area contributed by atoms with Gasteiger partial charge in [0.25, 0.3) is 0 Å². The van der Waals surface area contributed by atoms with Crippen LogP contribution in [-0.2, 0) is 0 Å². The smallest absolute Gasteiger partial charge is 0.166 e. The first-order chi connectivity index (χ1) is 11.2. The molecule has 1 aromatic heterocycles. The molecule has 1 aliphatic heterocycles. The van der Waals surface area contributed by atoms with Gasteiger partial charge in [0, 0.05) is 19.3 Å². The number of carbonyl (C=O) groups is 1. The number of halogens is 1. The van der Waals surface area contributed by atoms with Crippen LogP contribution in [0.4, 0.5) is 10.2 Å². The van der Waals surface area contributed by atoms with E-state index < -0.39 is 11.6 Å². The van der Waals surface area contributed by atoms with Crippen LogP contribution in [0.1, 0.15) is 34.3 Å². The van der Waals surface area contributed by atoms with Gasteiger partial charge in [0.15, 0.2) is 17.9 Å². The number of nitrogens with zero attached hydrogens (tertiary/aromatic N) is 2. The van der Waals surface area contributed by atoms with E-state index in [4.69, 9.17) is 0 Å². The van der Waals surface area contributed by atoms with Crippen molar-refractivity contribution in [3.05, 3.63) is 53.0 Å². The Balaban J connectivity index is 1.77. The van der Waals surface area contributed by atoms with E-state index in [0.29, 0.717) is 11.8 Å². The first kappa shape index (κ1) is 15.2. The summed E-state index contributed by atoms with van der Waals surface area (Å²) in [6, 6.07) is 6.55. The molecule has 118 valence electrons. The van der Waals surface area contributed by atoms with Crippen molar-refractivity contribution in [1.82, 2.24) is 4.98 Å². The lowest BCUT2D eigenvalue weighted by Gasteiger charge is -2.15. The average Bonchev–Trinajstić information content (AvgIpc) is 3.11. The molecule has 4 nitrogen and oxygen atoms in total. The van der Waals surface area contributed by atoms with Gasteiger partial charge in [0.05, 0.1) is 5.56 Å². The molecular formula is C18H17FN2O2. The van der Waals surface area contributed by atoms with E-state index in [2.05, 4.69) is 9.88 Å². The van der Waals surface area contributed by atoms with Crippen LogP contribution in [-0.4, -0.2) is 29.5 Å². The van der Waals surface area contributed by atoms with Crippen molar-refractivity contribution in [2.45, 2.75) is 12.8 Å². The van der Waals surface area contributed by atoms with Crippen molar-refractivity contribution in [2.75, 3.05) is 18.0 Å². The van der Waals surface area contributed by atoms with Crippen LogP contribution in [0.25, 0.3) is 12.2 Å². The van der Waals surface area contributed by atoms with E-state index >= 15 is 0 Å². The van der Waals surface area contributed by atoms with Crippen molar-refractivity contribution < 1.29 is 14.3 Å². The molecule has 0 unspecified atom stereocenters. The van der Waals surface area contributed by atoms with Gasteiger partial charge in [-0.05, 0) is 48.2 Å². The molecule has 1 saturated heterocycles. The molecule has 0 spiro atoms. The summed E-state index contributed by atoms with van der Waals surface area (Å²) in [5.74, 6) is -0.455. The summed E-state index contributed by atoms with van der Waals surface area (Å²) >= 11 is 0. The van der Waals surface area contributed by atoms with Crippen molar-refractivity contribution >= 4 is 24.3 Å². The second-order valence-electron chi connectivity index (χ2n) is 5.54. The Kier molecular flexibility index (Phi) is 4.37. The van der Waals surface area contributed by atoms with E-state index in [1.54, 1.807) is 18.3 Å². The number of anilines is 1. The van der Waals surface area contributed by atoms with Gasteiger partial charge in [-0.3, -0.25) is 4.79 Å². The largest absolute Gasteiger partial charge is 0.504 e. The number of aromatic nitrogens is 1. The molecule has 0 amide bonds. The summed E-state index contributed by atoms with van der Waals surface area (Å²) in [6.07, 6.45) is 8.08. The highest BCUT2D eigenvalue weighted by atomic mass is 19.1. The fourth-order valence-corrected chi connectivity index (χ4v) is 2.65. The molecule has 1 N–H and O–H groups in total. The van der Waals surface area contributed by atoms with Crippen molar-refractivity contribution in [3.8, 4) is 5.75 Å². The fourth-order valence-electron chi connectivity index (χ4n) is 2.65. The Morgan fingerprint density at radius 2 is 1.87 bits per heavy atom. The summed E-state index contributed by atoms with van der Waals surface area (Å²) < 4.78 is 13.5. The van der Waals surface area contributed by atoms with Crippen LogP contribution in [0.2, 0.25) is 0 Å². The zero-order chi connectivity index (χ0) is 16.2. The summed E-state index contributed by atoms with van der Waals surface area (Å²) in [7, 11) is 0. The zero-order valence-electron chi connectivity index (χ0n) is 12.6. The number of hydrogen-bond donors (Lipinski definition) is 1. The normalized spacial score (nSPS) is 14.6. The standard InChI is InChI=1S/C18H17FN2O2/c19-16-10-14(9-15(12-22)18(16)23)4-3-13-5-6-17(20-11-13)21-7-1-2-8-21/h3-6,9-12,23H,1-2,7-8H2. The van der Waals surface area contributed by atoms with Crippen LogP contribution in [0, 0.1) is 5.82 Å². The number of pyridine rings is 1. The maximum absolute atomic E-state index is 13.5. The zero-order valence-corrected chi connectivity index (χ0v) is 12.6. The Morgan fingerprint density at radius 1 is 1.13 bits per heavy atom. The third kappa shape index (κ3) is 3.39. The number of phenols is 1. The predicted molar refractivity (Wildman–Crippen MR) is 88.1 cm³/mol. The quantitative estimate of drug-likeness (QED) is 0.878. The topological polar surface area (TPSA) is 53.4 Å². The van der Waals surface area contributed by atoms with Crippen molar-refractivity contribution in [2.24, 2.45) is 0 Å². The lowest BCUT2D eigenvalue weighted by molar-refractivity contribution is 0.112. The predicted octanol–water partition coefficient (Wildman–Crippen LogP) is 3.51. The molecule has 0 saturated carbocycles. The van der Waals surface area contributed by atoms with Crippen molar-refractivity contribution in [1.29, 1.82) is 0 Å². The van der Waals surface area contributed by atoms with Gasteiger partial charge in [0.2, 0.25) is 0 Å². The first-order valence-electron chi connectivity index (χ1n) is 7.54. The average molecular weight is 312 g/mol. The molecule has 5 heteroatoms. The maximum Gasteiger partial charge on any atom is 0.166 e. The first-order valence-corrected chi connectivity index (χ1v) is 7.54. The molecule has 2 heterocycles. The van der Waals surface area contributed by atoms with E-state index in [1.807, 2.05) is 12.1 Å². The van der Waals surface area contributed by atoms with Gasteiger partial charge in [-0.25, -0.2) is 9.37 Å². The molecule has 1 aliphatic rings. The van der Waals surface area contributed by atoms with Gasteiger partial charge in [-0.2, -0.15) is 0 Å². The fraction of sp³-hybridized carbons (Fsp3) is 0.222. The number of aromatic hydroxyl groups is 1. The molecule has 0 bridgehead atoms. The highest BCUT2D eigenvalue weighted by Gasteiger charge is 2.12. The highest BCUT2D eigenvalue weighted by molar-refractivity contribution is 5.82. The van der Waals surface area contributed by atoms with Crippen LogP contribution in [0.3, 0.4) is 0 Å². The second-order valence-corrected chi connectivity index (χ2v) is 5.54. The monoisotopic (exact) mass is 312 g/mol. The van der Waals surface area contributed by atoms with Crippen molar-refractivity contribution in [3.63, 3.8) is 0 Å². The third-order valence-corrected chi connectivity index (χ3v) is 3.91. The molecule has 2 aromatic rings. The minimum absolute atomic E-state index is 0.0628. The highest BCUT2D eigenvalue weighted by Crippen LogP contribution is 2.23. The number of phenolic OH excluding ortho intramolecular Hbond substituents is 1. The van der Waals surface area contributed by atoms with E-state index in [9.17, 15) is 14.3 Å². The van der Waals surface area contributed by atoms with E-state index in [0.717, 1.165) is 24.5 Å². The van der Waals surface area contributed by atoms with Gasteiger partial charge in [-0.1, -0.05) is 12.2 Å². The summed E-state index contributed by atoms with van der Waals surface area (Å²) in [6.45, 7) is 2.09. The van der Waals surface area contributed by atoms with Crippen LogP contribution in [0.5, 0.6) is 5.75 Å². The number of hydrogen-bond acceptors (Lipinski definition) is 4. The van der Waals surface area contributed by atoms with Gasteiger partial charge in [-0.15, -0.1) is 0 Å². The van der Waals surface area contributed by atoms with Gasteiger partial charge in [0.1, 0.15) is 5.82 Å². The minimum Gasteiger partial charge on any atom is -0.504 e. The molecule has 1 fully saturated rings. The number of benzene rings is 1. The molecule has 23 heavy (non-hydrogen) atoms. The number of carbonyl (C=O) groups excluding carboxylic acids is 1. The summed E-state index contributed by atoms with van der Waals surface area (Å²) in [5, 5.41) is 9.40. The Hall–Kier alpha value is -2.69. The lowest BCUT2D eigenvalue weighted by Crippen LogP contribution is -2.18. The van der Waals surface area contributed by atoms with Gasteiger partial charge >= 0.3 is 0 Å². The molecule has 3 rings (SSSR count). The lowest BCUT2D eigenvalue weighted by atomic mass is 10.1. The van der Waals surface area contributed by atoms with Crippen LogP contribution in [0.15, 0.2) is 30.5 Å². The Morgan fingerprint density at radius 3 is 2.52 bits per heavy atom.